The molecule has 20 heavy (non-hydrogen) atoms. The largest absolute Gasteiger partial charge is 0.383 e. The second-order valence-corrected chi connectivity index (χ2v) is 4.51. The number of nitrogens with two attached hydrogens (primary N) is 1. The van der Waals surface area contributed by atoms with Crippen molar-refractivity contribution in [2.24, 2.45) is 7.05 Å². The van der Waals surface area contributed by atoms with E-state index < -0.39 is 11.2 Å². The number of unbranched alkanes of at least 4 members (excludes halogenated alkanes) is 1. The SMILES string of the molecule is Cn1c(N)c(NCCCCn2ccnc2)c(=O)[nH]c1=O. The summed E-state index contributed by atoms with van der Waals surface area (Å²) in [5.41, 5.74) is 4.99. The molecule has 0 spiro atoms. The van der Waals surface area contributed by atoms with Crippen LogP contribution in [-0.2, 0) is 13.6 Å². The molecule has 8 nitrogen and oxygen atoms in total. The van der Waals surface area contributed by atoms with Gasteiger partial charge in [-0.2, -0.15) is 0 Å². The summed E-state index contributed by atoms with van der Waals surface area (Å²) in [5, 5.41) is 2.98. The van der Waals surface area contributed by atoms with Crippen LogP contribution in [0.2, 0.25) is 0 Å². The average Bonchev–Trinajstić information content (AvgIpc) is 2.92. The van der Waals surface area contributed by atoms with Gasteiger partial charge in [-0.25, -0.2) is 9.78 Å². The zero-order valence-corrected chi connectivity index (χ0v) is 11.3. The Morgan fingerprint density at radius 1 is 1.40 bits per heavy atom. The number of nitrogens with zero attached hydrogens (tertiary/aromatic N) is 3. The molecule has 0 aromatic carbocycles. The van der Waals surface area contributed by atoms with Crippen LogP contribution in [-0.4, -0.2) is 25.6 Å². The van der Waals surface area contributed by atoms with Crippen LogP contribution in [0.25, 0.3) is 0 Å². The Hall–Kier alpha value is -2.51. The Labute approximate surface area is 115 Å². The number of rotatable bonds is 6. The van der Waals surface area contributed by atoms with E-state index in [1.807, 2.05) is 10.8 Å². The minimum Gasteiger partial charge on any atom is -0.383 e. The molecule has 2 aromatic rings. The Kier molecular flexibility index (Phi) is 4.24. The third kappa shape index (κ3) is 3.08. The van der Waals surface area contributed by atoms with Crippen LogP contribution in [0.4, 0.5) is 11.5 Å². The lowest BCUT2D eigenvalue weighted by atomic mass is 10.3. The summed E-state index contributed by atoms with van der Waals surface area (Å²) in [5.74, 6) is 0.147. The lowest BCUT2D eigenvalue weighted by molar-refractivity contribution is 0.620. The van der Waals surface area contributed by atoms with Gasteiger partial charge < -0.3 is 15.6 Å². The van der Waals surface area contributed by atoms with Crippen LogP contribution in [0.15, 0.2) is 28.3 Å². The molecule has 2 rings (SSSR count). The zero-order valence-electron chi connectivity index (χ0n) is 11.3. The number of anilines is 2. The summed E-state index contributed by atoms with van der Waals surface area (Å²) < 4.78 is 3.20. The normalized spacial score (nSPS) is 10.7. The molecule has 2 heterocycles. The molecule has 0 amide bonds. The maximum atomic E-state index is 11.6. The molecule has 0 atom stereocenters. The van der Waals surface area contributed by atoms with Gasteiger partial charge in [-0.15, -0.1) is 0 Å². The van der Waals surface area contributed by atoms with Crippen molar-refractivity contribution in [3.63, 3.8) is 0 Å². The van der Waals surface area contributed by atoms with Crippen molar-refractivity contribution in [1.82, 2.24) is 19.1 Å². The fraction of sp³-hybridized carbons (Fsp3) is 0.417. The highest BCUT2D eigenvalue weighted by atomic mass is 16.2. The molecule has 4 N–H and O–H groups in total. The first kappa shape index (κ1) is 13.9. The lowest BCUT2D eigenvalue weighted by Gasteiger charge is -2.10. The van der Waals surface area contributed by atoms with Crippen LogP contribution in [0.3, 0.4) is 0 Å². The maximum Gasteiger partial charge on any atom is 0.329 e. The van der Waals surface area contributed by atoms with E-state index in [-0.39, 0.29) is 11.5 Å². The molecule has 0 aliphatic heterocycles. The van der Waals surface area contributed by atoms with E-state index in [4.69, 9.17) is 5.73 Å². The number of nitrogen functional groups attached to an aromatic ring is 1. The van der Waals surface area contributed by atoms with E-state index in [1.165, 1.54) is 11.6 Å². The number of hydrogen-bond acceptors (Lipinski definition) is 5. The predicted molar refractivity (Wildman–Crippen MR) is 76.7 cm³/mol. The van der Waals surface area contributed by atoms with Gasteiger partial charge in [0.1, 0.15) is 11.5 Å². The predicted octanol–water partition coefficient (Wildman–Crippen LogP) is -0.255. The Morgan fingerprint density at radius 2 is 2.20 bits per heavy atom. The summed E-state index contributed by atoms with van der Waals surface area (Å²) in [4.78, 5) is 29.1. The highest BCUT2D eigenvalue weighted by Crippen LogP contribution is 2.08. The topological polar surface area (TPSA) is 111 Å². The van der Waals surface area contributed by atoms with Crippen LogP contribution in [0.5, 0.6) is 0 Å². The standard InChI is InChI=1S/C12H18N6O2/c1-17-10(13)9(11(19)16-12(17)20)15-4-2-3-6-18-7-5-14-8-18/h5,7-8,15H,2-4,6,13H2,1H3,(H,16,19,20). The molecule has 0 aliphatic rings. The molecule has 0 aliphatic carbocycles. The minimum absolute atomic E-state index is 0.147. The molecule has 2 aromatic heterocycles. The molecule has 0 saturated carbocycles. The number of hydrogen-bond donors (Lipinski definition) is 3. The van der Waals surface area contributed by atoms with Crippen molar-refractivity contribution in [2.45, 2.75) is 19.4 Å². The van der Waals surface area contributed by atoms with Crippen LogP contribution in [0, 0.1) is 0 Å². The number of H-pyrrole nitrogens is 1. The summed E-state index contributed by atoms with van der Waals surface area (Å²) in [6.07, 6.45) is 7.24. The van der Waals surface area contributed by atoms with Crippen LogP contribution in [0.1, 0.15) is 12.8 Å². The van der Waals surface area contributed by atoms with Gasteiger partial charge in [-0.1, -0.05) is 0 Å². The van der Waals surface area contributed by atoms with E-state index in [1.54, 1.807) is 12.5 Å². The molecule has 8 heteroatoms. The summed E-state index contributed by atoms with van der Waals surface area (Å²) in [6, 6.07) is 0. The first-order chi connectivity index (χ1) is 9.59. The first-order valence-corrected chi connectivity index (χ1v) is 6.38. The van der Waals surface area contributed by atoms with Gasteiger partial charge >= 0.3 is 5.69 Å². The van der Waals surface area contributed by atoms with Gasteiger partial charge in [-0.05, 0) is 12.8 Å². The van der Waals surface area contributed by atoms with Crippen molar-refractivity contribution in [3.05, 3.63) is 39.6 Å². The van der Waals surface area contributed by atoms with Gasteiger partial charge in [0.2, 0.25) is 0 Å². The smallest absolute Gasteiger partial charge is 0.329 e. The van der Waals surface area contributed by atoms with Gasteiger partial charge in [0.05, 0.1) is 6.33 Å². The zero-order chi connectivity index (χ0) is 14.5. The summed E-state index contributed by atoms with van der Waals surface area (Å²) in [6.45, 7) is 1.49. The molecule has 108 valence electrons. The number of aryl methyl sites for hydroxylation is 1. The third-order valence-electron chi connectivity index (χ3n) is 3.07. The van der Waals surface area contributed by atoms with E-state index >= 15 is 0 Å². The van der Waals surface area contributed by atoms with Gasteiger partial charge in [0, 0.05) is 32.5 Å². The molecule has 0 unspecified atom stereocenters. The minimum atomic E-state index is -0.516. The highest BCUT2D eigenvalue weighted by Gasteiger charge is 2.08. The van der Waals surface area contributed by atoms with Crippen molar-refractivity contribution < 1.29 is 0 Å². The summed E-state index contributed by atoms with van der Waals surface area (Å²) in [7, 11) is 1.51. The fourth-order valence-electron chi connectivity index (χ4n) is 1.86. The highest BCUT2D eigenvalue weighted by molar-refractivity contribution is 5.60. The number of aromatic amines is 1. The number of imidazole rings is 1. The van der Waals surface area contributed by atoms with E-state index in [2.05, 4.69) is 15.3 Å². The van der Waals surface area contributed by atoms with Crippen LogP contribution < -0.4 is 22.3 Å². The Morgan fingerprint density at radius 3 is 2.90 bits per heavy atom. The van der Waals surface area contributed by atoms with Crippen molar-refractivity contribution in [3.8, 4) is 0 Å². The van der Waals surface area contributed by atoms with Crippen molar-refractivity contribution in [1.29, 1.82) is 0 Å². The van der Waals surface area contributed by atoms with Gasteiger partial charge in [-0.3, -0.25) is 14.3 Å². The number of aromatic nitrogens is 4. The van der Waals surface area contributed by atoms with Crippen molar-refractivity contribution >= 4 is 11.5 Å². The Balaban J connectivity index is 1.87. The number of nitrogens with one attached hydrogen (secondary N) is 2. The third-order valence-corrected chi connectivity index (χ3v) is 3.07. The van der Waals surface area contributed by atoms with Crippen molar-refractivity contribution in [2.75, 3.05) is 17.6 Å². The average molecular weight is 278 g/mol. The maximum absolute atomic E-state index is 11.6. The molecular formula is C12H18N6O2. The van der Waals surface area contributed by atoms with E-state index in [0.717, 1.165) is 19.4 Å². The first-order valence-electron chi connectivity index (χ1n) is 6.38. The van der Waals surface area contributed by atoms with Crippen LogP contribution >= 0.6 is 0 Å². The molecule has 0 radical (unpaired) electrons. The Bertz CT molecular complexity index is 670. The van der Waals surface area contributed by atoms with Gasteiger partial charge in [0.25, 0.3) is 5.56 Å². The lowest BCUT2D eigenvalue weighted by Crippen LogP contribution is -2.32. The molecule has 0 saturated heterocycles. The van der Waals surface area contributed by atoms with E-state index in [9.17, 15) is 9.59 Å². The molecule has 0 fully saturated rings. The molecular weight excluding hydrogens is 260 g/mol. The van der Waals surface area contributed by atoms with Gasteiger partial charge in [0.15, 0.2) is 0 Å². The van der Waals surface area contributed by atoms with E-state index in [0.29, 0.717) is 6.54 Å². The fourth-order valence-corrected chi connectivity index (χ4v) is 1.86. The second-order valence-electron chi connectivity index (χ2n) is 4.51. The monoisotopic (exact) mass is 278 g/mol. The quantitative estimate of drug-likeness (QED) is 0.631. The second kappa shape index (κ2) is 6.09. The summed E-state index contributed by atoms with van der Waals surface area (Å²) >= 11 is 0. The molecule has 0 bridgehead atoms.